The number of rotatable bonds is 7. The number of carbonyl (C=O) groups is 3. The van der Waals surface area contributed by atoms with Gasteiger partial charge in [-0.15, -0.1) is 0 Å². The molecule has 0 aliphatic heterocycles. The van der Waals surface area contributed by atoms with Crippen LogP contribution in [0, 0.1) is 3.57 Å². The van der Waals surface area contributed by atoms with Crippen LogP contribution in [0.15, 0.2) is 48.5 Å². The van der Waals surface area contributed by atoms with E-state index < -0.39 is 29.7 Å². The Kier molecular flexibility index (Phi) is 8.88. The average molecular weight is 554 g/mol. The van der Waals surface area contributed by atoms with Crippen LogP contribution >= 0.6 is 22.6 Å². The van der Waals surface area contributed by atoms with Crippen LogP contribution in [0.3, 0.4) is 0 Å². The molecule has 0 aromatic heterocycles. The fourth-order valence-corrected chi connectivity index (χ4v) is 3.31. The third kappa shape index (κ3) is 8.37. The topological polar surface area (TPSA) is 105 Å². The molecule has 2 rings (SSSR count). The third-order valence-corrected chi connectivity index (χ3v) is 4.96. The number of carbonyl (C=O) groups excluding carboxylic acids is 2. The first-order valence-corrected chi connectivity index (χ1v) is 11.0. The molecule has 0 heterocycles. The van der Waals surface area contributed by atoms with Gasteiger partial charge in [0.05, 0.1) is 0 Å². The van der Waals surface area contributed by atoms with Crippen molar-refractivity contribution in [2.45, 2.75) is 52.5 Å². The smallest absolute Gasteiger partial charge is 0.414 e. The molecule has 3 amide bonds. The highest BCUT2D eigenvalue weighted by Gasteiger charge is 2.28. The van der Waals surface area contributed by atoms with Gasteiger partial charge < -0.3 is 14.6 Å². The van der Waals surface area contributed by atoms with Gasteiger partial charge >= 0.3 is 12.2 Å². The van der Waals surface area contributed by atoms with Crippen molar-refractivity contribution < 1.29 is 29.0 Å². The summed E-state index contributed by atoms with van der Waals surface area (Å²) in [5, 5.41) is 11.6. The van der Waals surface area contributed by atoms with Crippen molar-refractivity contribution in [3.05, 3.63) is 63.2 Å². The van der Waals surface area contributed by atoms with Crippen molar-refractivity contribution in [1.29, 1.82) is 0 Å². The molecule has 0 saturated heterocycles. The summed E-state index contributed by atoms with van der Waals surface area (Å²) in [6.45, 7) is 6.79. The number of nitrogens with zero attached hydrogens (tertiary/aromatic N) is 1. The maximum absolute atomic E-state index is 12.3. The van der Waals surface area contributed by atoms with Gasteiger partial charge in [-0.3, -0.25) is 15.0 Å². The Morgan fingerprint density at radius 2 is 1.75 bits per heavy atom. The zero-order valence-electron chi connectivity index (χ0n) is 18.4. The minimum atomic E-state index is -1.28. The van der Waals surface area contributed by atoms with E-state index in [4.69, 9.17) is 9.47 Å². The van der Waals surface area contributed by atoms with E-state index in [-0.39, 0.29) is 6.54 Å². The zero-order chi connectivity index (χ0) is 23.9. The van der Waals surface area contributed by atoms with Crippen molar-refractivity contribution >= 4 is 40.7 Å². The lowest BCUT2D eigenvalue weighted by Crippen LogP contribution is -2.49. The quantitative estimate of drug-likeness (QED) is 0.477. The molecule has 2 N–H and O–H groups in total. The summed E-state index contributed by atoms with van der Waals surface area (Å²) in [4.78, 5) is 36.8. The Morgan fingerprint density at radius 3 is 2.31 bits per heavy atom. The summed E-state index contributed by atoms with van der Waals surface area (Å²) >= 11 is 2.24. The van der Waals surface area contributed by atoms with Crippen molar-refractivity contribution in [3.63, 3.8) is 0 Å². The van der Waals surface area contributed by atoms with Gasteiger partial charge in [-0.1, -0.05) is 24.3 Å². The number of halogens is 1. The largest absolute Gasteiger partial charge is 0.489 e. The van der Waals surface area contributed by atoms with Crippen molar-refractivity contribution in [2.24, 2.45) is 0 Å². The lowest BCUT2D eigenvalue weighted by atomic mass is 10.1. The van der Waals surface area contributed by atoms with Crippen LogP contribution in [-0.4, -0.2) is 39.7 Å². The lowest BCUT2D eigenvalue weighted by Gasteiger charge is -2.26. The molecule has 172 valence electrons. The number of alkyl carbamates (subject to hydrolysis) is 1. The molecule has 9 heteroatoms. The number of nitrogens with one attached hydrogen (secondary N) is 1. The lowest BCUT2D eigenvalue weighted by molar-refractivity contribution is -0.125. The molecule has 0 bridgehead atoms. The summed E-state index contributed by atoms with van der Waals surface area (Å²) in [6.07, 6.45) is -2.20. The van der Waals surface area contributed by atoms with E-state index >= 15 is 0 Å². The number of carboxylic acid groups (broad SMARTS) is 1. The maximum atomic E-state index is 12.3. The average Bonchev–Trinajstić information content (AvgIpc) is 2.69. The molecule has 1 atom stereocenters. The minimum absolute atomic E-state index is 0.0323. The Bertz CT molecular complexity index is 956. The monoisotopic (exact) mass is 554 g/mol. The first kappa shape index (κ1) is 25.4. The number of ether oxygens (including phenoxy) is 2. The first-order valence-electron chi connectivity index (χ1n) is 9.94. The van der Waals surface area contributed by atoms with Gasteiger partial charge in [-0.05, 0) is 85.7 Å². The van der Waals surface area contributed by atoms with Crippen molar-refractivity contribution in [1.82, 2.24) is 10.2 Å². The summed E-state index contributed by atoms with van der Waals surface area (Å²) in [7, 11) is 0. The van der Waals surface area contributed by atoms with Crippen LogP contribution in [0.25, 0.3) is 0 Å². The highest BCUT2D eigenvalue weighted by Crippen LogP contribution is 2.17. The standard InChI is InChI=1S/C23H27IN2O6/c1-15(20(27)25-21(28)32-23(2,3)4)26(22(29)30)13-16-8-10-19(11-9-16)31-14-17-6-5-7-18(24)12-17/h5-12,15H,13-14H2,1-4H3,(H,29,30)(H,25,27,28). The number of hydrogen-bond donors (Lipinski definition) is 2. The molecule has 2 aromatic rings. The van der Waals surface area contributed by atoms with Gasteiger partial charge in [-0.2, -0.15) is 0 Å². The summed E-state index contributed by atoms with van der Waals surface area (Å²) < 4.78 is 11.9. The molecular formula is C23H27IN2O6. The number of imide groups is 1. The van der Waals surface area contributed by atoms with Crippen LogP contribution in [-0.2, 0) is 22.7 Å². The molecule has 0 spiro atoms. The number of benzene rings is 2. The highest BCUT2D eigenvalue weighted by atomic mass is 127. The fraction of sp³-hybridized carbons (Fsp3) is 0.348. The van der Waals surface area contributed by atoms with Crippen molar-refractivity contribution in [3.8, 4) is 5.75 Å². The van der Waals surface area contributed by atoms with Gasteiger partial charge in [0.25, 0.3) is 5.91 Å². The van der Waals surface area contributed by atoms with E-state index in [9.17, 15) is 19.5 Å². The molecule has 32 heavy (non-hydrogen) atoms. The molecule has 0 radical (unpaired) electrons. The van der Waals surface area contributed by atoms with Crippen LogP contribution in [0.5, 0.6) is 5.75 Å². The van der Waals surface area contributed by atoms with E-state index in [0.717, 1.165) is 14.0 Å². The zero-order valence-corrected chi connectivity index (χ0v) is 20.6. The summed E-state index contributed by atoms with van der Waals surface area (Å²) in [5.41, 5.74) is 0.942. The molecule has 0 aliphatic rings. The highest BCUT2D eigenvalue weighted by molar-refractivity contribution is 14.1. The Balaban J connectivity index is 1.97. The van der Waals surface area contributed by atoms with Gasteiger partial charge in [0.15, 0.2) is 0 Å². The molecule has 0 aliphatic carbocycles. The molecule has 0 fully saturated rings. The fourth-order valence-electron chi connectivity index (χ4n) is 2.70. The number of amides is 3. The van der Waals surface area contributed by atoms with Crippen LogP contribution in [0.2, 0.25) is 0 Å². The summed E-state index contributed by atoms with van der Waals surface area (Å²) in [6, 6.07) is 13.8. The van der Waals surface area contributed by atoms with Gasteiger partial charge in [0.2, 0.25) is 0 Å². The van der Waals surface area contributed by atoms with E-state index in [1.807, 2.05) is 24.3 Å². The SMILES string of the molecule is CC(C(=O)NC(=O)OC(C)(C)C)N(Cc1ccc(OCc2cccc(I)c2)cc1)C(=O)O. The Labute approximate surface area is 201 Å². The van der Waals surface area contributed by atoms with Gasteiger partial charge in [0, 0.05) is 10.1 Å². The second-order valence-corrected chi connectivity index (χ2v) is 9.39. The molecule has 2 aromatic carbocycles. The minimum Gasteiger partial charge on any atom is -0.489 e. The summed E-state index contributed by atoms with van der Waals surface area (Å²) in [5.74, 6) is -0.121. The van der Waals surface area contributed by atoms with Crippen molar-refractivity contribution in [2.75, 3.05) is 0 Å². The normalized spacial score (nSPS) is 11.9. The van der Waals surface area contributed by atoms with E-state index in [2.05, 4.69) is 27.9 Å². The second-order valence-electron chi connectivity index (χ2n) is 8.14. The first-order chi connectivity index (χ1) is 14.9. The Hall–Kier alpha value is -2.82. The van der Waals surface area contributed by atoms with E-state index in [1.54, 1.807) is 45.0 Å². The van der Waals surface area contributed by atoms with Crippen LogP contribution in [0.4, 0.5) is 9.59 Å². The van der Waals surface area contributed by atoms with Crippen LogP contribution < -0.4 is 10.1 Å². The molecule has 8 nitrogen and oxygen atoms in total. The van der Waals surface area contributed by atoms with E-state index in [1.165, 1.54) is 6.92 Å². The predicted octanol–water partition coefficient (Wildman–Crippen LogP) is 4.79. The number of hydrogen-bond acceptors (Lipinski definition) is 5. The van der Waals surface area contributed by atoms with Crippen LogP contribution in [0.1, 0.15) is 38.8 Å². The third-order valence-electron chi connectivity index (χ3n) is 4.29. The maximum Gasteiger partial charge on any atom is 0.414 e. The predicted molar refractivity (Wildman–Crippen MR) is 127 cm³/mol. The molecular weight excluding hydrogens is 527 g/mol. The second kappa shape index (κ2) is 11.2. The molecule has 1 unspecified atom stereocenters. The van der Waals surface area contributed by atoms with E-state index in [0.29, 0.717) is 17.9 Å². The Morgan fingerprint density at radius 1 is 1.09 bits per heavy atom. The molecule has 0 saturated carbocycles. The van der Waals surface area contributed by atoms with Gasteiger partial charge in [-0.25, -0.2) is 9.59 Å². The van der Waals surface area contributed by atoms with Gasteiger partial charge in [0.1, 0.15) is 24.0 Å².